The molecule has 0 aliphatic carbocycles. The van der Waals surface area contributed by atoms with Crippen LogP contribution in [0.25, 0.3) is 0 Å². The van der Waals surface area contributed by atoms with Gasteiger partial charge in [0.2, 0.25) is 5.91 Å². The number of carbonyl (C=O) groups is 1. The molecule has 4 heteroatoms. The molecule has 1 aliphatic heterocycles. The molecule has 1 amide bonds. The number of nitrogens with zero attached hydrogens (tertiary/aromatic N) is 1. The van der Waals surface area contributed by atoms with Crippen LogP contribution in [-0.4, -0.2) is 24.2 Å². The lowest BCUT2D eigenvalue weighted by atomic mass is 10.1. The van der Waals surface area contributed by atoms with Crippen LogP contribution in [0.5, 0.6) is 0 Å². The van der Waals surface area contributed by atoms with E-state index in [2.05, 4.69) is 15.9 Å². The second kappa shape index (κ2) is 4.33. The van der Waals surface area contributed by atoms with Crippen molar-refractivity contribution in [2.45, 2.75) is 6.42 Å². The van der Waals surface area contributed by atoms with E-state index >= 15 is 0 Å². The molecular formula is C11H12BrNO2. The lowest BCUT2D eigenvalue weighted by Crippen LogP contribution is -2.24. The number of hydrogen-bond acceptors (Lipinski definition) is 2. The van der Waals surface area contributed by atoms with Gasteiger partial charge in [-0.2, -0.15) is 0 Å². The molecule has 0 aromatic heterocycles. The molecule has 3 nitrogen and oxygen atoms in total. The largest absolute Gasteiger partial charge is 0.396 e. The van der Waals surface area contributed by atoms with Crippen molar-refractivity contribution in [1.29, 1.82) is 0 Å². The van der Waals surface area contributed by atoms with Gasteiger partial charge in [0.1, 0.15) is 0 Å². The van der Waals surface area contributed by atoms with Gasteiger partial charge < -0.3 is 10.0 Å². The van der Waals surface area contributed by atoms with E-state index in [0.717, 1.165) is 10.2 Å². The summed E-state index contributed by atoms with van der Waals surface area (Å²) in [5.74, 6) is 0.178. The molecule has 80 valence electrons. The number of anilines is 1. The summed E-state index contributed by atoms with van der Waals surface area (Å²) in [5, 5.41) is 9.01. The van der Waals surface area contributed by atoms with Crippen molar-refractivity contribution in [3.8, 4) is 0 Å². The number of rotatable bonds is 2. The molecule has 0 spiro atoms. The third-order valence-electron chi connectivity index (χ3n) is 2.60. The summed E-state index contributed by atoms with van der Waals surface area (Å²) in [6, 6.07) is 7.63. The van der Waals surface area contributed by atoms with E-state index < -0.39 is 0 Å². The fraction of sp³-hybridized carbons (Fsp3) is 0.364. The van der Waals surface area contributed by atoms with Gasteiger partial charge in [0, 0.05) is 35.7 Å². The van der Waals surface area contributed by atoms with E-state index in [4.69, 9.17) is 5.11 Å². The minimum absolute atomic E-state index is 0.0821. The average molecular weight is 270 g/mol. The normalized spacial score (nSPS) is 21.1. The molecule has 1 heterocycles. The fourth-order valence-electron chi connectivity index (χ4n) is 1.77. The van der Waals surface area contributed by atoms with Crippen molar-refractivity contribution < 1.29 is 9.90 Å². The minimum Gasteiger partial charge on any atom is -0.396 e. The number of carbonyl (C=O) groups excluding carboxylic acids is 1. The maximum absolute atomic E-state index is 11.6. The monoisotopic (exact) mass is 269 g/mol. The van der Waals surface area contributed by atoms with Crippen LogP contribution < -0.4 is 4.90 Å². The molecule has 1 N–H and O–H groups in total. The van der Waals surface area contributed by atoms with Crippen molar-refractivity contribution in [2.75, 3.05) is 18.1 Å². The standard InChI is InChI=1S/C11H12BrNO2/c12-9-1-3-10(4-2-9)13-6-8(7-14)5-11(13)15/h1-4,8,14H,5-7H2/t8-/m1/s1. The van der Waals surface area contributed by atoms with Crippen molar-refractivity contribution in [1.82, 2.24) is 0 Å². The van der Waals surface area contributed by atoms with Gasteiger partial charge in [-0.1, -0.05) is 15.9 Å². The highest BCUT2D eigenvalue weighted by molar-refractivity contribution is 9.10. The molecule has 15 heavy (non-hydrogen) atoms. The molecule has 1 atom stereocenters. The quantitative estimate of drug-likeness (QED) is 0.890. The van der Waals surface area contributed by atoms with Crippen molar-refractivity contribution in [2.24, 2.45) is 5.92 Å². The van der Waals surface area contributed by atoms with Crippen molar-refractivity contribution in [3.05, 3.63) is 28.7 Å². The van der Waals surface area contributed by atoms with Crippen LogP contribution in [0.1, 0.15) is 6.42 Å². The molecule has 0 bridgehead atoms. The van der Waals surface area contributed by atoms with E-state index in [1.165, 1.54) is 0 Å². The first-order chi connectivity index (χ1) is 7.20. The predicted octanol–water partition coefficient (Wildman–Crippen LogP) is 1.79. The summed E-state index contributed by atoms with van der Waals surface area (Å²) in [6.45, 7) is 0.704. The van der Waals surface area contributed by atoms with Gasteiger partial charge in [-0.15, -0.1) is 0 Å². The van der Waals surface area contributed by atoms with E-state index in [1.807, 2.05) is 24.3 Å². The average Bonchev–Trinajstić information content (AvgIpc) is 2.61. The molecule has 1 fully saturated rings. The summed E-state index contributed by atoms with van der Waals surface area (Å²) in [6.07, 6.45) is 0.451. The summed E-state index contributed by atoms with van der Waals surface area (Å²) in [7, 11) is 0. The van der Waals surface area contributed by atoms with Gasteiger partial charge in [-0.05, 0) is 24.3 Å². The second-order valence-corrected chi connectivity index (χ2v) is 4.65. The minimum atomic E-state index is 0.0821. The highest BCUT2D eigenvalue weighted by Gasteiger charge is 2.29. The number of amides is 1. The Morgan fingerprint density at radius 2 is 2.07 bits per heavy atom. The summed E-state index contributed by atoms with van der Waals surface area (Å²) in [5.41, 5.74) is 0.902. The molecule has 1 aromatic carbocycles. The Kier molecular flexibility index (Phi) is 3.07. The van der Waals surface area contributed by atoms with Gasteiger partial charge in [-0.25, -0.2) is 0 Å². The summed E-state index contributed by atoms with van der Waals surface area (Å²) >= 11 is 3.35. The zero-order valence-electron chi connectivity index (χ0n) is 8.19. The topological polar surface area (TPSA) is 40.5 Å². The number of benzene rings is 1. The molecular weight excluding hydrogens is 258 g/mol. The van der Waals surface area contributed by atoms with Crippen LogP contribution in [0.3, 0.4) is 0 Å². The fourth-order valence-corrected chi connectivity index (χ4v) is 2.04. The SMILES string of the molecule is O=C1C[C@@H](CO)CN1c1ccc(Br)cc1. The van der Waals surface area contributed by atoms with Gasteiger partial charge in [-0.3, -0.25) is 4.79 Å². The Hall–Kier alpha value is -0.870. The summed E-state index contributed by atoms with van der Waals surface area (Å²) < 4.78 is 0.997. The third-order valence-corrected chi connectivity index (χ3v) is 3.13. The number of hydrogen-bond donors (Lipinski definition) is 1. The number of aliphatic hydroxyl groups excluding tert-OH is 1. The number of aliphatic hydroxyl groups is 1. The molecule has 0 radical (unpaired) electrons. The molecule has 0 unspecified atom stereocenters. The van der Waals surface area contributed by atoms with Crippen LogP contribution in [0, 0.1) is 5.92 Å². The number of halogens is 1. The van der Waals surface area contributed by atoms with E-state index in [-0.39, 0.29) is 18.4 Å². The zero-order valence-corrected chi connectivity index (χ0v) is 9.77. The van der Waals surface area contributed by atoms with Crippen LogP contribution in [-0.2, 0) is 4.79 Å². The van der Waals surface area contributed by atoms with Gasteiger partial charge in [0.25, 0.3) is 0 Å². The first kappa shape index (κ1) is 10.6. The van der Waals surface area contributed by atoms with Crippen LogP contribution in [0.4, 0.5) is 5.69 Å². The van der Waals surface area contributed by atoms with E-state index in [1.54, 1.807) is 4.90 Å². The Morgan fingerprint density at radius 1 is 1.40 bits per heavy atom. The first-order valence-electron chi connectivity index (χ1n) is 4.87. The smallest absolute Gasteiger partial charge is 0.227 e. The molecule has 1 saturated heterocycles. The second-order valence-electron chi connectivity index (χ2n) is 3.73. The Balaban J connectivity index is 2.18. The van der Waals surface area contributed by atoms with E-state index in [9.17, 15) is 4.79 Å². The van der Waals surface area contributed by atoms with E-state index in [0.29, 0.717) is 13.0 Å². The maximum atomic E-state index is 11.6. The van der Waals surface area contributed by atoms with Crippen molar-refractivity contribution >= 4 is 27.5 Å². The van der Waals surface area contributed by atoms with Gasteiger partial charge in [0.15, 0.2) is 0 Å². The van der Waals surface area contributed by atoms with Crippen LogP contribution in [0.2, 0.25) is 0 Å². The third kappa shape index (κ3) is 2.21. The zero-order chi connectivity index (χ0) is 10.8. The predicted molar refractivity (Wildman–Crippen MR) is 61.7 cm³/mol. The first-order valence-corrected chi connectivity index (χ1v) is 5.67. The van der Waals surface area contributed by atoms with Crippen molar-refractivity contribution in [3.63, 3.8) is 0 Å². The van der Waals surface area contributed by atoms with Crippen LogP contribution >= 0.6 is 15.9 Å². The molecule has 1 aliphatic rings. The lowest BCUT2D eigenvalue weighted by molar-refractivity contribution is -0.117. The Morgan fingerprint density at radius 3 is 2.60 bits per heavy atom. The maximum Gasteiger partial charge on any atom is 0.227 e. The molecule has 1 aromatic rings. The Labute approximate surface area is 96.8 Å². The molecule has 2 rings (SSSR count). The lowest BCUT2D eigenvalue weighted by Gasteiger charge is -2.16. The summed E-state index contributed by atoms with van der Waals surface area (Å²) in [4.78, 5) is 13.4. The Bertz CT molecular complexity index is 363. The van der Waals surface area contributed by atoms with Crippen LogP contribution in [0.15, 0.2) is 28.7 Å². The van der Waals surface area contributed by atoms with Gasteiger partial charge >= 0.3 is 0 Å². The molecule has 0 saturated carbocycles. The highest BCUT2D eigenvalue weighted by atomic mass is 79.9. The van der Waals surface area contributed by atoms with Gasteiger partial charge in [0.05, 0.1) is 0 Å². The highest BCUT2D eigenvalue weighted by Crippen LogP contribution is 2.25.